The van der Waals surface area contributed by atoms with Gasteiger partial charge in [-0.3, -0.25) is 19.8 Å². The number of para-hydroxylation sites is 1. The molecular formula is C29H25N3O5S. The number of nitrogens with one attached hydrogen (secondary N) is 1. The van der Waals surface area contributed by atoms with Crippen LogP contribution >= 0.6 is 12.2 Å². The highest BCUT2D eigenvalue weighted by atomic mass is 32.1. The van der Waals surface area contributed by atoms with E-state index in [1.165, 1.54) is 4.90 Å². The van der Waals surface area contributed by atoms with E-state index in [2.05, 4.69) is 5.32 Å². The third-order valence-corrected chi connectivity index (χ3v) is 6.50. The molecule has 2 amide bonds. The van der Waals surface area contributed by atoms with Gasteiger partial charge >= 0.3 is 0 Å². The van der Waals surface area contributed by atoms with E-state index in [0.29, 0.717) is 24.6 Å². The van der Waals surface area contributed by atoms with Crippen LogP contribution in [0.2, 0.25) is 0 Å². The highest BCUT2D eigenvalue weighted by Crippen LogP contribution is 2.28. The summed E-state index contributed by atoms with van der Waals surface area (Å²) < 4.78 is 18.3. The number of hydrogen-bond donors (Lipinski definition) is 1. The lowest BCUT2D eigenvalue weighted by atomic mass is 10.1. The number of benzene rings is 3. The molecule has 1 aliphatic heterocycles. The molecule has 1 aliphatic rings. The second kappa shape index (κ2) is 10.8. The van der Waals surface area contributed by atoms with Crippen molar-refractivity contribution >= 4 is 51.8 Å². The van der Waals surface area contributed by atoms with E-state index in [0.717, 1.165) is 28.0 Å². The number of methoxy groups -OCH3 is 2. The number of fused-ring (bicyclic) bond motifs is 1. The molecule has 0 unspecified atom stereocenters. The van der Waals surface area contributed by atoms with Gasteiger partial charge in [-0.15, -0.1) is 0 Å². The summed E-state index contributed by atoms with van der Waals surface area (Å²) >= 11 is 5.32. The van der Waals surface area contributed by atoms with E-state index in [9.17, 15) is 9.59 Å². The summed E-state index contributed by atoms with van der Waals surface area (Å²) in [4.78, 5) is 27.6. The second-order valence-corrected chi connectivity index (χ2v) is 8.86. The summed E-state index contributed by atoms with van der Waals surface area (Å²) in [5.74, 6) is 1.11. The van der Waals surface area contributed by atoms with Crippen molar-refractivity contribution in [3.05, 3.63) is 90.1 Å². The molecule has 38 heavy (non-hydrogen) atoms. The molecule has 2 heterocycles. The topological polar surface area (TPSA) is 82.0 Å². The largest absolute Gasteiger partial charge is 0.497 e. The minimum atomic E-state index is -0.538. The second-order valence-electron chi connectivity index (χ2n) is 8.47. The summed E-state index contributed by atoms with van der Waals surface area (Å²) in [6.45, 7) is 0.998. The van der Waals surface area contributed by atoms with Gasteiger partial charge in [0.05, 0.1) is 26.5 Å². The molecule has 5 rings (SSSR count). The van der Waals surface area contributed by atoms with Crippen LogP contribution in [0.25, 0.3) is 17.0 Å². The smallest absolute Gasteiger partial charge is 0.270 e. The number of thiocarbonyl (C=S) groups is 1. The van der Waals surface area contributed by atoms with Gasteiger partial charge in [0.25, 0.3) is 11.8 Å². The summed E-state index contributed by atoms with van der Waals surface area (Å²) in [7, 11) is 3.18. The molecule has 8 nitrogen and oxygen atoms in total. The average molecular weight is 528 g/mol. The van der Waals surface area contributed by atoms with E-state index in [1.807, 2.05) is 59.3 Å². The number of rotatable bonds is 8. The monoisotopic (exact) mass is 527 g/mol. The molecule has 192 valence electrons. The Morgan fingerprint density at radius 2 is 1.50 bits per heavy atom. The zero-order valence-corrected chi connectivity index (χ0v) is 21.7. The van der Waals surface area contributed by atoms with Crippen LogP contribution < -0.4 is 24.4 Å². The van der Waals surface area contributed by atoms with E-state index in [1.54, 1.807) is 44.6 Å². The Morgan fingerprint density at radius 1 is 0.868 bits per heavy atom. The third kappa shape index (κ3) is 4.96. The van der Waals surface area contributed by atoms with Gasteiger partial charge in [-0.2, -0.15) is 0 Å². The van der Waals surface area contributed by atoms with Gasteiger partial charge in [0.2, 0.25) is 0 Å². The summed E-state index contributed by atoms with van der Waals surface area (Å²) in [6, 6.07) is 22.1. The Balaban J connectivity index is 1.41. The van der Waals surface area contributed by atoms with Crippen LogP contribution in [-0.4, -0.2) is 42.3 Å². The lowest BCUT2D eigenvalue weighted by molar-refractivity contribution is -0.122. The Kier molecular flexibility index (Phi) is 7.10. The van der Waals surface area contributed by atoms with Gasteiger partial charge in [-0.05, 0) is 72.9 Å². The predicted octanol–water partition coefficient (Wildman–Crippen LogP) is 4.57. The first kappa shape index (κ1) is 25.0. The Bertz CT molecular complexity index is 1540. The number of hydrogen-bond acceptors (Lipinski definition) is 6. The fraction of sp³-hybridized carbons (Fsp3) is 0.138. The fourth-order valence-corrected chi connectivity index (χ4v) is 4.57. The van der Waals surface area contributed by atoms with Crippen molar-refractivity contribution in [2.24, 2.45) is 0 Å². The Hall–Kier alpha value is -4.63. The molecule has 1 N–H and O–H groups in total. The SMILES string of the molecule is COc1ccc(OCCn2cc(C=C3C(=O)NC(=S)N(c4ccc(OC)cc4)C3=O)c3ccccc32)cc1. The predicted molar refractivity (Wildman–Crippen MR) is 150 cm³/mol. The molecular weight excluding hydrogens is 502 g/mol. The molecule has 0 spiro atoms. The van der Waals surface area contributed by atoms with Crippen molar-refractivity contribution < 1.29 is 23.8 Å². The van der Waals surface area contributed by atoms with Gasteiger partial charge < -0.3 is 18.8 Å². The van der Waals surface area contributed by atoms with E-state index < -0.39 is 11.8 Å². The molecule has 1 aromatic heterocycles. The number of ether oxygens (including phenoxy) is 3. The normalized spacial score (nSPS) is 14.6. The first-order valence-corrected chi connectivity index (χ1v) is 12.3. The molecule has 0 saturated carbocycles. The van der Waals surface area contributed by atoms with Crippen LogP contribution in [0.4, 0.5) is 5.69 Å². The lowest BCUT2D eigenvalue weighted by Gasteiger charge is -2.29. The van der Waals surface area contributed by atoms with Gasteiger partial charge in [0.15, 0.2) is 5.11 Å². The van der Waals surface area contributed by atoms with Crippen molar-refractivity contribution in [2.45, 2.75) is 6.54 Å². The van der Waals surface area contributed by atoms with Crippen LogP contribution in [0.15, 0.2) is 84.6 Å². The maximum atomic E-state index is 13.5. The zero-order valence-electron chi connectivity index (χ0n) is 20.8. The maximum absolute atomic E-state index is 13.5. The summed E-state index contributed by atoms with van der Waals surface area (Å²) in [6.07, 6.45) is 3.53. The standard InChI is InChI=1S/C29H25N3O5S/c1-35-21-9-7-20(8-10-21)32-28(34)25(27(33)30-29(32)38)17-19-18-31(26-6-4-3-5-24(19)26)15-16-37-23-13-11-22(36-2)12-14-23/h3-14,17-18H,15-16H2,1-2H3,(H,30,33,38). The molecule has 0 radical (unpaired) electrons. The minimum absolute atomic E-state index is 0.00759. The molecule has 4 aromatic rings. The van der Waals surface area contributed by atoms with E-state index >= 15 is 0 Å². The third-order valence-electron chi connectivity index (χ3n) is 6.21. The number of carbonyl (C=O) groups is 2. The molecule has 9 heteroatoms. The van der Waals surface area contributed by atoms with Crippen LogP contribution in [0, 0.1) is 0 Å². The van der Waals surface area contributed by atoms with Crippen molar-refractivity contribution in [1.29, 1.82) is 0 Å². The quantitative estimate of drug-likeness (QED) is 0.205. The Labute approximate surface area is 225 Å². The van der Waals surface area contributed by atoms with Gasteiger partial charge in [0, 0.05) is 22.7 Å². The van der Waals surface area contributed by atoms with Gasteiger partial charge in [-0.1, -0.05) is 18.2 Å². The first-order valence-electron chi connectivity index (χ1n) is 11.9. The molecule has 3 aromatic carbocycles. The maximum Gasteiger partial charge on any atom is 0.270 e. The van der Waals surface area contributed by atoms with Crippen LogP contribution in [0.5, 0.6) is 17.2 Å². The minimum Gasteiger partial charge on any atom is -0.497 e. The number of amides is 2. The summed E-state index contributed by atoms with van der Waals surface area (Å²) in [5.41, 5.74) is 2.23. The van der Waals surface area contributed by atoms with Crippen molar-refractivity contribution in [3.63, 3.8) is 0 Å². The summed E-state index contributed by atoms with van der Waals surface area (Å²) in [5, 5.41) is 3.57. The molecule has 1 saturated heterocycles. The number of carbonyl (C=O) groups excluding carboxylic acids is 2. The molecule has 0 aliphatic carbocycles. The molecule has 0 bridgehead atoms. The van der Waals surface area contributed by atoms with E-state index in [-0.39, 0.29) is 10.7 Å². The lowest BCUT2D eigenvalue weighted by Crippen LogP contribution is -2.54. The van der Waals surface area contributed by atoms with E-state index in [4.69, 9.17) is 26.4 Å². The first-order chi connectivity index (χ1) is 18.5. The highest BCUT2D eigenvalue weighted by molar-refractivity contribution is 7.80. The van der Waals surface area contributed by atoms with Gasteiger partial charge in [-0.25, -0.2) is 0 Å². The molecule has 1 fully saturated rings. The van der Waals surface area contributed by atoms with Crippen molar-refractivity contribution in [1.82, 2.24) is 9.88 Å². The van der Waals surface area contributed by atoms with Crippen molar-refractivity contribution in [2.75, 3.05) is 25.7 Å². The fourth-order valence-electron chi connectivity index (χ4n) is 4.29. The van der Waals surface area contributed by atoms with Crippen LogP contribution in [0.3, 0.4) is 0 Å². The van der Waals surface area contributed by atoms with Crippen LogP contribution in [0.1, 0.15) is 5.56 Å². The van der Waals surface area contributed by atoms with Gasteiger partial charge in [0.1, 0.15) is 29.4 Å². The zero-order chi connectivity index (χ0) is 26.6. The van der Waals surface area contributed by atoms with Crippen molar-refractivity contribution in [3.8, 4) is 17.2 Å². The number of nitrogens with zero attached hydrogens (tertiary/aromatic N) is 2. The number of anilines is 1. The van der Waals surface area contributed by atoms with Crippen LogP contribution in [-0.2, 0) is 16.1 Å². The average Bonchev–Trinajstić information content (AvgIpc) is 3.29. The highest BCUT2D eigenvalue weighted by Gasteiger charge is 2.34. The Morgan fingerprint density at radius 3 is 2.18 bits per heavy atom. The number of aromatic nitrogens is 1. The molecule has 0 atom stereocenters.